The van der Waals surface area contributed by atoms with Crippen molar-refractivity contribution < 1.29 is 0 Å². The third kappa shape index (κ3) is 4.71. The van der Waals surface area contributed by atoms with Crippen molar-refractivity contribution in [2.24, 2.45) is 0 Å². The molecule has 9 aromatic carbocycles. The number of allylic oxidation sites excluding steroid dienone is 1. The Morgan fingerprint density at radius 2 is 0.981 bits per heavy atom. The van der Waals surface area contributed by atoms with Crippen LogP contribution >= 0.6 is 0 Å². The van der Waals surface area contributed by atoms with Crippen LogP contribution in [-0.4, -0.2) is 4.57 Å². The minimum absolute atomic E-state index is 1.03. The lowest BCUT2D eigenvalue weighted by molar-refractivity contribution is 0.888. The summed E-state index contributed by atoms with van der Waals surface area (Å²) in [5.41, 5.74) is 12.8. The summed E-state index contributed by atoms with van der Waals surface area (Å²) in [6.07, 6.45) is 6.75. The van der Waals surface area contributed by atoms with Crippen LogP contribution in [0.1, 0.15) is 17.7 Å². The average Bonchev–Trinajstić information content (AvgIpc) is 3.56. The summed E-state index contributed by atoms with van der Waals surface area (Å²) in [4.78, 5) is 0. The Labute approximate surface area is 308 Å². The van der Waals surface area contributed by atoms with Gasteiger partial charge in [-0.05, 0) is 120 Å². The highest BCUT2D eigenvalue weighted by atomic mass is 15.0. The molecular formula is C52H35N. The lowest BCUT2D eigenvalue weighted by Crippen LogP contribution is -2.02. The zero-order chi connectivity index (χ0) is 34.9. The van der Waals surface area contributed by atoms with E-state index in [1.165, 1.54) is 104 Å². The van der Waals surface area contributed by atoms with Crippen LogP contribution in [0.25, 0.3) is 99.1 Å². The van der Waals surface area contributed by atoms with E-state index in [1.807, 2.05) is 0 Å². The van der Waals surface area contributed by atoms with Gasteiger partial charge in [-0.1, -0.05) is 158 Å². The topological polar surface area (TPSA) is 4.93 Å². The molecule has 0 atom stereocenters. The number of hydrogen-bond acceptors (Lipinski definition) is 0. The summed E-state index contributed by atoms with van der Waals surface area (Å²) in [6.45, 7) is 0. The maximum absolute atomic E-state index is 2.50. The molecule has 11 rings (SSSR count). The van der Waals surface area contributed by atoms with Gasteiger partial charge in [0.25, 0.3) is 0 Å². The zero-order valence-corrected chi connectivity index (χ0v) is 29.3. The number of nitrogens with zero attached hydrogens (tertiary/aromatic N) is 1. The van der Waals surface area contributed by atoms with Crippen molar-refractivity contribution in [3.63, 3.8) is 0 Å². The van der Waals surface area contributed by atoms with Gasteiger partial charge in [-0.15, -0.1) is 0 Å². The SMILES string of the molecule is C1=Cc2c(n(-c3ccc(-c4c5ccccc5c(-c5ccc6ccccc6c5)c5ccccc45)cc3)c3ccc(-c4cccc5ccccc45)cc23)CC1. The largest absolute Gasteiger partial charge is 0.313 e. The molecule has 1 aliphatic rings. The number of fused-ring (bicyclic) bond motifs is 7. The molecule has 1 aromatic heterocycles. The Kier molecular flexibility index (Phi) is 6.75. The molecule has 0 saturated carbocycles. The standard InChI is InChI=1S/C52H35N/c1-2-14-37-32-39(25-24-34(37)12-1)52-46-20-7-5-18-44(46)51(45-19-6-8-21-47(45)52)36-26-29-40(30-27-36)53-49-23-10-9-17-43(49)48-33-38(28-31-50(48)53)42-22-11-15-35-13-3-4-16-41(35)42/h1-9,11-22,24-33H,10,23H2. The molecule has 0 N–H and O–H groups in total. The number of benzene rings is 9. The Bertz CT molecular complexity index is 3040. The quantitative estimate of drug-likeness (QED) is 0.164. The summed E-state index contributed by atoms with van der Waals surface area (Å²) in [6, 6.07) is 65.1. The van der Waals surface area contributed by atoms with Crippen molar-refractivity contribution in [2.75, 3.05) is 0 Å². The van der Waals surface area contributed by atoms with Crippen LogP contribution < -0.4 is 0 Å². The predicted octanol–water partition coefficient (Wildman–Crippen LogP) is 14.2. The second kappa shape index (κ2) is 11.9. The Hall–Kier alpha value is -6.70. The maximum Gasteiger partial charge on any atom is 0.0538 e. The fourth-order valence-electron chi connectivity index (χ4n) is 9.03. The van der Waals surface area contributed by atoms with Gasteiger partial charge in [0.15, 0.2) is 0 Å². The zero-order valence-electron chi connectivity index (χ0n) is 29.3. The van der Waals surface area contributed by atoms with Crippen LogP contribution in [-0.2, 0) is 6.42 Å². The van der Waals surface area contributed by atoms with Gasteiger partial charge in [0.2, 0.25) is 0 Å². The molecule has 53 heavy (non-hydrogen) atoms. The lowest BCUT2D eigenvalue weighted by Gasteiger charge is -2.19. The summed E-state index contributed by atoms with van der Waals surface area (Å²) < 4.78 is 2.50. The van der Waals surface area contributed by atoms with E-state index < -0.39 is 0 Å². The van der Waals surface area contributed by atoms with Gasteiger partial charge >= 0.3 is 0 Å². The van der Waals surface area contributed by atoms with Crippen LogP contribution in [0, 0.1) is 0 Å². The Balaban J connectivity index is 1.07. The minimum Gasteiger partial charge on any atom is -0.313 e. The molecule has 10 aromatic rings. The highest BCUT2D eigenvalue weighted by molar-refractivity contribution is 6.21. The number of hydrogen-bond donors (Lipinski definition) is 0. The third-order valence-corrected chi connectivity index (χ3v) is 11.4. The first kappa shape index (κ1) is 30.0. The van der Waals surface area contributed by atoms with Gasteiger partial charge in [-0.3, -0.25) is 0 Å². The number of rotatable bonds is 4. The second-order valence-electron chi connectivity index (χ2n) is 14.3. The molecule has 0 radical (unpaired) electrons. The van der Waals surface area contributed by atoms with Crippen molar-refractivity contribution in [1.29, 1.82) is 0 Å². The molecule has 0 spiro atoms. The summed E-state index contributed by atoms with van der Waals surface area (Å²) >= 11 is 0. The third-order valence-electron chi connectivity index (χ3n) is 11.4. The van der Waals surface area contributed by atoms with Gasteiger partial charge in [-0.2, -0.15) is 0 Å². The Morgan fingerprint density at radius 1 is 0.396 bits per heavy atom. The molecule has 0 unspecified atom stereocenters. The molecule has 1 heterocycles. The van der Waals surface area contributed by atoms with Gasteiger partial charge in [0.1, 0.15) is 0 Å². The molecule has 1 heteroatoms. The average molecular weight is 674 g/mol. The van der Waals surface area contributed by atoms with Crippen LogP contribution in [0.2, 0.25) is 0 Å². The molecule has 0 fully saturated rings. The van der Waals surface area contributed by atoms with E-state index >= 15 is 0 Å². The van der Waals surface area contributed by atoms with Gasteiger partial charge in [0.05, 0.1) is 5.52 Å². The molecule has 1 aliphatic carbocycles. The first-order valence-corrected chi connectivity index (χ1v) is 18.7. The van der Waals surface area contributed by atoms with Gasteiger partial charge in [-0.25, -0.2) is 0 Å². The van der Waals surface area contributed by atoms with Crippen molar-refractivity contribution in [1.82, 2.24) is 4.57 Å². The van der Waals surface area contributed by atoms with Gasteiger partial charge in [0, 0.05) is 22.3 Å². The van der Waals surface area contributed by atoms with Crippen LogP contribution in [0.15, 0.2) is 182 Å². The summed E-state index contributed by atoms with van der Waals surface area (Å²) in [5, 5.41) is 11.5. The van der Waals surface area contributed by atoms with Crippen LogP contribution in [0.3, 0.4) is 0 Å². The molecule has 1 nitrogen and oxygen atoms in total. The summed E-state index contributed by atoms with van der Waals surface area (Å²) in [7, 11) is 0. The normalized spacial score (nSPS) is 12.7. The molecule has 0 aliphatic heterocycles. The smallest absolute Gasteiger partial charge is 0.0538 e. The van der Waals surface area contributed by atoms with E-state index in [0.717, 1.165) is 12.8 Å². The highest BCUT2D eigenvalue weighted by Gasteiger charge is 2.21. The fraction of sp³-hybridized carbons (Fsp3) is 0.0385. The monoisotopic (exact) mass is 673 g/mol. The van der Waals surface area contributed by atoms with E-state index in [1.54, 1.807) is 0 Å². The minimum atomic E-state index is 1.03. The van der Waals surface area contributed by atoms with Crippen molar-refractivity contribution in [3.05, 3.63) is 193 Å². The van der Waals surface area contributed by atoms with Crippen molar-refractivity contribution >= 4 is 60.1 Å². The van der Waals surface area contributed by atoms with Crippen LogP contribution in [0.4, 0.5) is 0 Å². The predicted molar refractivity (Wildman–Crippen MR) is 227 cm³/mol. The maximum atomic E-state index is 2.50. The molecular weight excluding hydrogens is 639 g/mol. The van der Waals surface area contributed by atoms with E-state index in [9.17, 15) is 0 Å². The van der Waals surface area contributed by atoms with E-state index in [2.05, 4.69) is 193 Å². The molecule has 248 valence electrons. The van der Waals surface area contributed by atoms with E-state index in [4.69, 9.17) is 0 Å². The summed E-state index contributed by atoms with van der Waals surface area (Å²) in [5.74, 6) is 0. The van der Waals surface area contributed by atoms with Gasteiger partial charge < -0.3 is 4.57 Å². The van der Waals surface area contributed by atoms with E-state index in [-0.39, 0.29) is 0 Å². The van der Waals surface area contributed by atoms with Crippen LogP contribution in [0.5, 0.6) is 0 Å². The molecule has 0 saturated heterocycles. The molecule has 0 bridgehead atoms. The Morgan fingerprint density at radius 3 is 1.72 bits per heavy atom. The van der Waals surface area contributed by atoms with Crippen molar-refractivity contribution in [2.45, 2.75) is 12.8 Å². The fourth-order valence-corrected chi connectivity index (χ4v) is 9.03. The number of aromatic nitrogens is 1. The second-order valence-corrected chi connectivity index (χ2v) is 14.3. The van der Waals surface area contributed by atoms with Crippen molar-refractivity contribution in [3.8, 4) is 39.1 Å². The lowest BCUT2D eigenvalue weighted by atomic mass is 9.85. The highest BCUT2D eigenvalue weighted by Crippen LogP contribution is 2.45. The first-order chi connectivity index (χ1) is 26.3. The first-order valence-electron chi connectivity index (χ1n) is 18.7. The van der Waals surface area contributed by atoms with E-state index in [0.29, 0.717) is 0 Å². The molecule has 0 amide bonds.